The average molecular weight is 285 g/mol. The van der Waals surface area contributed by atoms with Crippen molar-refractivity contribution in [1.82, 2.24) is 9.36 Å². The predicted molar refractivity (Wildman–Crippen MR) is 56.4 cm³/mol. The van der Waals surface area contributed by atoms with E-state index in [1.165, 1.54) is 0 Å². The Hall–Kier alpha value is 0.870. The molecule has 0 radical (unpaired) electrons. The Labute approximate surface area is 97.0 Å². The number of aromatic nitrogens is 2. The van der Waals surface area contributed by atoms with Crippen LogP contribution in [0.5, 0.6) is 0 Å². The van der Waals surface area contributed by atoms with Crippen LogP contribution >= 0.6 is 69.9 Å². The van der Waals surface area contributed by atoms with Crippen molar-refractivity contribution < 1.29 is 0 Å². The Bertz CT molecular complexity index is 258. The van der Waals surface area contributed by atoms with Crippen molar-refractivity contribution in [3.05, 3.63) is 4.47 Å². The summed E-state index contributed by atoms with van der Waals surface area (Å²) in [5, 5.41) is 0. The molecule has 1 N–H and O–H groups in total. The first-order chi connectivity index (χ1) is 5.47. The molecule has 1 aromatic rings. The van der Waals surface area contributed by atoms with E-state index in [1.807, 2.05) is 0 Å². The third-order valence-electron chi connectivity index (χ3n) is 0.659. The summed E-state index contributed by atoms with van der Waals surface area (Å²) in [7, 11) is 0. The Morgan fingerprint density at radius 2 is 2.08 bits per heavy atom. The van der Waals surface area contributed by atoms with Gasteiger partial charge in [0.1, 0.15) is 0 Å². The molecule has 0 saturated heterocycles. The maximum Gasteiger partial charge on any atom is 0.256 e. The van der Waals surface area contributed by atoms with E-state index in [2.05, 4.69) is 14.1 Å². The van der Waals surface area contributed by atoms with E-state index in [4.69, 9.17) is 46.4 Å². The van der Waals surface area contributed by atoms with Gasteiger partial charge in [-0.1, -0.05) is 34.8 Å². The van der Waals surface area contributed by atoms with Crippen LogP contribution in [0.3, 0.4) is 0 Å². The fraction of sp³-hybridized carbons (Fsp3) is 0.333. The normalized spacial score (nSPS) is 11.7. The number of halogens is 4. The van der Waals surface area contributed by atoms with Crippen LogP contribution in [0, 0.1) is 0 Å². The van der Waals surface area contributed by atoms with Gasteiger partial charge in [-0.05, 0) is 11.6 Å². The van der Waals surface area contributed by atoms with Gasteiger partial charge in [-0.2, -0.15) is 9.36 Å². The minimum atomic E-state index is -1.43. The second-order valence-corrected chi connectivity index (χ2v) is 6.83. The summed E-state index contributed by atoms with van der Waals surface area (Å²) in [6.07, 6.45) is 0. The second-order valence-electron chi connectivity index (χ2n) is 1.52. The van der Waals surface area contributed by atoms with Crippen molar-refractivity contribution >= 4 is 75.8 Å². The lowest BCUT2D eigenvalue weighted by Gasteiger charge is -2.08. The van der Waals surface area contributed by atoms with E-state index in [0.717, 1.165) is 23.5 Å². The maximum atomic E-state index is 5.51. The zero-order valence-corrected chi connectivity index (χ0v) is 9.88. The van der Waals surface area contributed by atoms with Crippen LogP contribution in [-0.4, -0.2) is 12.5 Å². The molecule has 0 spiro atoms. The van der Waals surface area contributed by atoms with Gasteiger partial charge >= 0.3 is 0 Å². The highest BCUT2D eigenvalue weighted by Gasteiger charge is 2.21. The minimum Gasteiger partial charge on any atom is -0.294 e. The third-order valence-corrected chi connectivity index (χ3v) is 2.67. The molecule has 3 nitrogen and oxygen atoms in total. The van der Waals surface area contributed by atoms with Gasteiger partial charge in [-0.3, -0.25) is 4.72 Å². The lowest BCUT2D eigenvalue weighted by molar-refractivity contribution is 1.34. The van der Waals surface area contributed by atoms with Gasteiger partial charge in [0.05, 0.1) is 0 Å². The molecule has 0 bridgehead atoms. The standard InChI is InChI=1S/C3HCl4N3S2/c4-1-8-2(9-11-1)10-12-3(5,6)7/h(H,9,10). The molecule has 1 aromatic heterocycles. The van der Waals surface area contributed by atoms with Crippen molar-refractivity contribution in [2.24, 2.45) is 0 Å². The summed E-state index contributed by atoms with van der Waals surface area (Å²) in [6, 6.07) is 0. The molecular formula is C3HCl4N3S2. The van der Waals surface area contributed by atoms with Crippen LogP contribution in [0.2, 0.25) is 4.47 Å². The lowest BCUT2D eigenvalue weighted by atomic mass is 11.1. The van der Waals surface area contributed by atoms with E-state index in [0.29, 0.717) is 10.4 Å². The van der Waals surface area contributed by atoms with Crippen molar-refractivity contribution in [3.63, 3.8) is 0 Å². The van der Waals surface area contributed by atoms with Crippen LogP contribution in [-0.2, 0) is 0 Å². The zero-order valence-electron chi connectivity index (χ0n) is 5.22. The fourth-order valence-electron chi connectivity index (χ4n) is 0.350. The van der Waals surface area contributed by atoms with Gasteiger partial charge in [0.15, 0.2) is 0 Å². The van der Waals surface area contributed by atoms with Crippen molar-refractivity contribution in [2.75, 3.05) is 4.72 Å². The number of anilines is 1. The molecule has 0 aliphatic rings. The van der Waals surface area contributed by atoms with Crippen LogP contribution in [0.4, 0.5) is 5.95 Å². The number of alkyl halides is 3. The van der Waals surface area contributed by atoms with Crippen LogP contribution in [0.1, 0.15) is 0 Å². The first-order valence-corrected chi connectivity index (χ1v) is 5.57. The quantitative estimate of drug-likeness (QED) is 0.665. The summed E-state index contributed by atoms with van der Waals surface area (Å²) in [6.45, 7) is 0. The molecule has 0 amide bonds. The van der Waals surface area contributed by atoms with Crippen LogP contribution in [0.25, 0.3) is 0 Å². The first-order valence-electron chi connectivity index (χ1n) is 2.47. The van der Waals surface area contributed by atoms with E-state index in [9.17, 15) is 0 Å². The van der Waals surface area contributed by atoms with E-state index < -0.39 is 3.12 Å². The van der Waals surface area contributed by atoms with Gasteiger partial charge in [0.2, 0.25) is 10.4 Å². The van der Waals surface area contributed by atoms with Crippen molar-refractivity contribution in [1.29, 1.82) is 0 Å². The van der Waals surface area contributed by atoms with Gasteiger partial charge in [0, 0.05) is 23.5 Å². The van der Waals surface area contributed by atoms with E-state index in [1.54, 1.807) is 0 Å². The van der Waals surface area contributed by atoms with Gasteiger partial charge in [0.25, 0.3) is 3.12 Å². The molecule has 0 aliphatic carbocycles. The number of rotatable bonds is 2. The van der Waals surface area contributed by atoms with Gasteiger partial charge in [-0.25, -0.2) is 0 Å². The molecule has 0 aliphatic heterocycles. The number of hydrogen-bond acceptors (Lipinski definition) is 5. The second kappa shape index (κ2) is 4.39. The molecule has 0 fully saturated rings. The fourth-order valence-corrected chi connectivity index (χ4v) is 1.61. The highest BCUT2D eigenvalue weighted by atomic mass is 35.6. The topological polar surface area (TPSA) is 37.8 Å². The average Bonchev–Trinajstić information content (AvgIpc) is 2.30. The predicted octanol–water partition coefficient (Wildman–Crippen LogP) is 3.58. The first kappa shape index (κ1) is 10.9. The van der Waals surface area contributed by atoms with Gasteiger partial charge < -0.3 is 0 Å². The molecule has 12 heavy (non-hydrogen) atoms. The number of hydrogen-bond donors (Lipinski definition) is 1. The smallest absolute Gasteiger partial charge is 0.256 e. The highest BCUT2D eigenvalue weighted by Crippen LogP contribution is 2.38. The Morgan fingerprint density at radius 3 is 2.50 bits per heavy atom. The molecule has 0 unspecified atom stereocenters. The molecule has 1 heterocycles. The zero-order chi connectivity index (χ0) is 9.19. The molecule has 1 rings (SSSR count). The summed E-state index contributed by atoms with van der Waals surface area (Å²) in [5.74, 6) is 0.335. The molecule has 0 atom stereocenters. The van der Waals surface area contributed by atoms with Gasteiger partial charge in [-0.15, -0.1) is 0 Å². The maximum absolute atomic E-state index is 5.51. The van der Waals surface area contributed by atoms with E-state index >= 15 is 0 Å². The molecule has 68 valence electrons. The summed E-state index contributed by atoms with van der Waals surface area (Å²) in [4.78, 5) is 3.78. The van der Waals surface area contributed by atoms with Crippen LogP contribution < -0.4 is 4.72 Å². The Balaban J connectivity index is 2.44. The lowest BCUT2D eigenvalue weighted by Crippen LogP contribution is -2.00. The SMILES string of the molecule is Clc1nc(NSC(Cl)(Cl)Cl)ns1. The molecule has 0 aromatic carbocycles. The summed E-state index contributed by atoms with van der Waals surface area (Å²) < 4.78 is 5.34. The molecule has 9 heteroatoms. The van der Waals surface area contributed by atoms with E-state index in [-0.39, 0.29) is 0 Å². The minimum absolute atomic E-state index is 0.335. The number of nitrogens with zero attached hydrogens (tertiary/aromatic N) is 2. The van der Waals surface area contributed by atoms with Crippen LogP contribution in [0.15, 0.2) is 0 Å². The number of nitrogens with one attached hydrogen (secondary N) is 1. The molecule has 0 saturated carbocycles. The Morgan fingerprint density at radius 1 is 1.42 bits per heavy atom. The largest absolute Gasteiger partial charge is 0.294 e. The third kappa shape index (κ3) is 4.20. The highest BCUT2D eigenvalue weighted by molar-refractivity contribution is 8.05. The monoisotopic (exact) mass is 283 g/mol. The van der Waals surface area contributed by atoms with Crippen molar-refractivity contribution in [2.45, 2.75) is 3.12 Å². The van der Waals surface area contributed by atoms with Crippen molar-refractivity contribution in [3.8, 4) is 0 Å². The summed E-state index contributed by atoms with van der Waals surface area (Å²) >= 11 is 23.7. The molecular weight excluding hydrogens is 284 g/mol. The Kier molecular flexibility index (Phi) is 4.01. The summed E-state index contributed by atoms with van der Waals surface area (Å²) in [5.41, 5.74) is 0.